The molecule has 1 amide bonds. The number of thiophene rings is 1. The minimum atomic E-state index is -0.811. The summed E-state index contributed by atoms with van der Waals surface area (Å²) in [6, 6.07) is 3.97. The van der Waals surface area contributed by atoms with E-state index in [9.17, 15) is 19.8 Å². The number of carbonyl (C=O) groups is 2. The predicted octanol–water partition coefficient (Wildman–Crippen LogP) is 2.58. The van der Waals surface area contributed by atoms with Gasteiger partial charge < -0.3 is 25.4 Å². The van der Waals surface area contributed by atoms with Gasteiger partial charge in [0.1, 0.15) is 0 Å². The maximum Gasteiger partial charge on any atom is 0.407 e. The molecule has 1 aliphatic carbocycles. The van der Waals surface area contributed by atoms with Crippen LogP contribution in [-0.2, 0) is 16.0 Å². The van der Waals surface area contributed by atoms with Gasteiger partial charge >= 0.3 is 12.1 Å². The number of hydrogen-bond donors (Lipinski definition) is 4. The fourth-order valence-electron chi connectivity index (χ4n) is 3.44. The van der Waals surface area contributed by atoms with Crippen LogP contribution in [0, 0.1) is 11.8 Å². The molecule has 0 aliphatic heterocycles. The van der Waals surface area contributed by atoms with Gasteiger partial charge in [-0.1, -0.05) is 18.2 Å². The first kappa shape index (κ1) is 22.4. The number of carbonyl (C=O) groups excluding carboxylic acids is 1. The van der Waals surface area contributed by atoms with E-state index in [0.717, 1.165) is 6.42 Å². The number of nitrogens with one attached hydrogen (secondary N) is 1. The van der Waals surface area contributed by atoms with Crippen LogP contribution in [-0.4, -0.2) is 52.7 Å². The van der Waals surface area contributed by atoms with Crippen molar-refractivity contribution in [3.63, 3.8) is 0 Å². The highest BCUT2D eigenvalue weighted by atomic mass is 32.1. The van der Waals surface area contributed by atoms with Gasteiger partial charge in [0.05, 0.1) is 18.8 Å². The molecule has 1 aliphatic rings. The van der Waals surface area contributed by atoms with E-state index in [1.165, 1.54) is 4.88 Å². The average molecular weight is 412 g/mol. The molecule has 1 aromatic heterocycles. The average Bonchev–Trinajstić information content (AvgIpc) is 3.24. The normalized spacial score (nSPS) is 24.5. The van der Waals surface area contributed by atoms with Crippen molar-refractivity contribution in [2.75, 3.05) is 13.2 Å². The van der Waals surface area contributed by atoms with Gasteiger partial charge in [0, 0.05) is 23.8 Å². The highest BCUT2D eigenvalue weighted by molar-refractivity contribution is 7.09. The number of hydrogen-bond acceptors (Lipinski definition) is 6. The standard InChI is InChI=1S/C20H29NO6S/c22-17-12-18(23)16(15(17)7-3-1-2-4-8-19(24)25)13-27-20(26)21-10-9-14-6-5-11-28-14/h1,3,5-6,11,15-18,22-23H,2,4,7-10,12-13H2,(H,21,26)(H,24,25)/t15-,16-,17+,18-/m1/s1. The Bertz CT molecular complexity index is 633. The van der Waals surface area contributed by atoms with Gasteiger partial charge in [-0.05, 0) is 49.5 Å². The number of aliphatic hydroxyl groups excluding tert-OH is 2. The van der Waals surface area contributed by atoms with Gasteiger partial charge in [0.15, 0.2) is 0 Å². The van der Waals surface area contributed by atoms with E-state index >= 15 is 0 Å². The van der Waals surface area contributed by atoms with E-state index in [0.29, 0.717) is 25.8 Å². The van der Waals surface area contributed by atoms with Crippen molar-refractivity contribution < 1.29 is 29.6 Å². The van der Waals surface area contributed by atoms with Crippen LogP contribution in [0.3, 0.4) is 0 Å². The summed E-state index contributed by atoms with van der Waals surface area (Å²) in [7, 11) is 0. The Morgan fingerprint density at radius 2 is 2.04 bits per heavy atom. The molecule has 0 radical (unpaired) electrons. The fraction of sp³-hybridized carbons (Fsp3) is 0.600. The van der Waals surface area contributed by atoms with E-state index in [1.807, 2.05) is 29.7 Å². The second-order valence-electron chi connectivity index (χ2n) is 7.05. The maximum absolute atomic E-state index is 11.9. The zero-order valence-corrected chi connectivity index (χ0v) is 16.6. The third kappa shape index (κ3) is 7.61. The van der Waals surface area contributed by atoms with Crippen LogP contribution in [0.2, 0.25) is 0 Å². The second-order valence-corrected chi connectivity index (χ2v) is 8.08. The van der Waals surface area contributed by atoms with Gasteiger partial charge in [-0.25, -0.2) is 4.79 Å². The van der Waals surface area contributed by atoms with Crippen LogP contribution in [0.25, 0.3) is 0 Å². The molecule has 1 saturated carbocycles. The molecule has 0 saturated heterocycles. The lowest BCUT2D eigenvalue weighted by molar-refractivity contribution is -0.137. The molecule has 0 spiro atoms. The summed E-state index contributed by atoms with van der Waals surface area (Å²) < 4.78 is 5.26. The quantitative estimate of drug-likeness (QED) is 0.329. The predicted molar refractivity (Wildman–Crippen MR) is 106 cm³/mol. The van der Waals surface area contributed by atoms with E-state index in [4.69, 9.17) is 9.84 Å². The Labute approximate surface area is 169 Å². The van der Waals surface area contributed by atoms with E-state index < -0.39 is 24.3 Å². The first-order chi connectivity index (χ1) is 13.5. The number of allylic oxidation sites excluding steroid dienone is 2. The van der Waals surface area contributed by atoms with Gasteiger partial charge in [0.2, 0.25) is 0 Å². The molecule has 1 fully saturated rings. The molecule has 7 nitrogen and oxygen atoms in total. The zero-order valence-electron chi connectivity index (χ0n) is 15.8. The number of aliphatic carboxylic acids is 1. The summed E-state index contributed by atoms with van der Waals surface area (Å²) in [5, 5.41) is 33.7. The van der Waals surface area contributed by atoms with Gasteiger partial charge in [0.25, 0.3) is 0 Å². The monoisotopic (exact) mass is 411 g/mol. The molecule has 1 aromatic rings. The Morgan fingerprint density at radius 3 is 2.75 bits per heavy atom. The van der Waals surface area contributed by atoms with E-state index in [1.54, 1.807) is 11.3 Å². The van der Waals surface area contributed by atoms with Crippen molar-refractivity contribution in [1.82, 2.24) is 5.32 Å². The largest absolute Gasteiger partial charge is 0.481 e. The lowest BCUT2D eigenvalue weighted by atomic mass is 9.91. The molecule has 4 atom stereocenters. The Kier molecular flexibility index (Phi) is 9.46. The maximum atomic E-state index is 11.9. The number of unbranched alkanes of at least 4 members (excludes halogenated alkanes) is 1. The van der Waals surface area contributed by atoms with Crippen LogP contribution < -0.4 is 5.32 Å². The molecule has 4 N–H and O–H groups in total. The summed E-state index contributed by atoms with van der Waals surface area (Å²) in [5.74, 6) is -1.32. The number of carboxylic acids is 1. The van der Waals surface area contributed by atoms with Gasteiger partial charge in [-0.2, -0.15) is 0 Å². The summed E-state index contributed by atoms with van der Waals surface area (Å²) in [5.41, 5.74) is 0. The lowest BCUT2D eigenvalue weighted by Gasteiger charge is -2.22. The first-order valence-corrected chi connectivity index (χ1v) is 10.5. The number of rotatable bonds is 11. The van der Waals surface area contributed by atoms with E-state index in [-0.39, 0.29) is 31.3 Å². The molecule has 1 heterocycles. The van der Waals surface area contributed by atoms with Gasteiger partial charge in [-0.3, -0.25) is 4.79 Å². The third-order valence-electron chi connectivity index (χ3n) is 4.99. The Morgan fingerprint density at radius 1 is 1.25 bits per heavy atom. The molecule has 2 rings (SSSR count). The molecular weight excluding hydrogens is 382 g/mol. The minimum absolute atomic E-state index is 0.0561. The van der Waals surface area contributed by atoms with Crippen molar-refractivity contribution >= 4 is 23.4 Å². The summed E-state index contributed by atoms with van der Waals surface area (Å²) in [6.45, 7) is 0.540. The van der Waals surface area contributed by atoms with Crippen LogP contribution in [0.5, 0.6) is 0 Å². The SMILES string of the molecule is O=C(O)CCCC=CC[C@@H]1[C@@H](COC(=O)NCCc2cccs2)[C@H](O)C[C@@H]1O. The first-order valence-electron chi connectivity index (χ1n) is 9.63. The van der Waals surface area contributed by atoms with Crippen LogP contribution in [0.15, 0.2) is 29.7 Å². The molecular formula is C20H29NO6S. The Hall–Kier alpha value is -1.90. The van der Waals surface area contributed by atoms with Crippen molar-refractivity contribution in [3.05, 3.63) is 34.5 Å². The number of alkyl carbamates (subject to hydrolysis) is 1. The highest BCUT2D eigenvalue weighted by Crippen LogP contribution is 2.35. The fourth-order valence-corrected chi connectivity index (χ4v) is 4.15. The topological polar surface area (TPSA) is 116 Å². The number of amides is 1. The molecule has 0 aromatic carbocycles. The zero-order chi connectivity index (χ0) is 20.4. The molecule has 28 heavy (non-hydrogen) atoms. The summed E-state index contributed by atoms with van der Waals surface area (Å²) >= 11 is 1.63. The van der Waals surface area contributed by atoms with E-state index in [2.05, 4.69) is 5.32 Å². The molecule has 0 unspecified atom stereocenters. The van der Waals surface area contributed by atoms with Crippen molar-refractivity contribution in [2.45, 2.75) is 50.7 Å². The second kappa shape index (κ2) is 11.8. The minimum Gasteiger partial charge on any atom is -0.481 e. The molecule has 156 valence electrons. The number of ether oxygens (including phenoxy) is 1. The summed E-state index contributed by atoms with van der Waals surface area (Å²) in [6.07, 6.45) is 4.86. The van der Waals surface area contributed by atoms with Gasteiger partial charge in [-0.15, -0.1) is 11.3 Å². The van der Waals surface area contributed by atoms with Crippen LogP contribution in [0.1, 0.15) is 37.0 Å². The van der Waals surface area contributed by atoms with Crippen LogP contribution >= 0.6 is 11.3 Å². The lowest BCUT2D eigenvalue weighted by Crippen LogP contribution is -2.32. The number of aliphatic hydroxyl groups is 2. The highest BCUT2D eigenvalue weighted by Gasteiger charge is 2.41. The molecule has 0 bridgehead atoms. The molecule has 8 heteroatoms. The summed E-state index contributed by atoms with van der Waals surface area (Å²) in [4.78, 5) is 23.5. The third-order valence-corrected chi connectivity index (χ3v) is 5.92. The van der Waals surface area contributed by atoms with Crippen LogP contribution in [0.4, 0.5) is 4.79 Å². The Balaban J connectivity index is 1.70. The number of carboxylic acid groups (broad SMARTS) is 1. The smallest absolute Gasteiger partial charge is 0.407 e. The van der Waals surface area contributed by atoms with Crippen molar-refractivity contribution in [3.8, 4) is 0 Å². The van der Waals surface area contributed by atoms with Crippen molar-refractivity contribution in [2.24, 2.45) is 11.8 Å². The van der Waals surface area contributed by atoms with Crippen molar-refractivity contribution in [1.29, 1.82) is 0 Å².